The van der Waals surface area contributed by atoms with E-state index in [9.17, 15) is 9.59 Å². The Bertz CT molecular complexity index is 794. The highest BCUT2D eigenvalue weighted by Crippen LogP contribution is 2.26. The maximum Gasteiger partial charge on any atom is 0.256 e. The van der Waals surface area contributed by atoms with E-state index in [2.05, 4.69) is 0 Å². The number of hydrogen-bond acceptors (Lipinski definition) is 3. The molecular formula is C19H26N4O2. The van der Waals surface area contributed by atoms with Crippen LogP contribution in [0.3, 0.4) is 0 Å². The number of amides is 2. The zero-order chi connectivity index (χ0) is 18.1. The SMILES string of the molecule is CCN(CC)C(=O)[C@@H]1C[C@H](N)CN1C(=O)c1cn(C)c2ccccc12. The number of carbonyl (C=O) groups excluding carboxylic acids is 2. The van der Waals surface area contributed by atoms with Gasteiger partial charge in [-0.25, -0.2) is 0 Å². The summed E-state index contributed by atoms with van der Waals surface area (Å²) in [5.41, 5.74) is 7.73. The third-order valence-electron chi connectivity index (χ3n) is 5.08. The van der Waals surface area contributed by atoms with Crippen LogP contribution in [0.25, 0.3) is 10.9 Å². The van der Waals surface area contributed by atoms with Crippen molar-refractivity contribution >= 4 is 22.7 Å². The lowest BCUT2D eigenvalue weighted by molar-refractivity contribution is -0.134. The van der Waals surface area contributed by atoms with Gasteiger partial charge in [-0.15, -0.1) is 0 Å². The standard InChI is InChI=1S/C19H26N4O2/c1-4-22(5-2)19(25)17-10-13(20)11-23(17)18(24)15-12-21(3)16-9-7-6-8-14(15)16/h6-9,12-13,17H,4-5,10-11,20H2,1-3H3/t13-,17-/m0/s1. The zero-order valence-electron chi connectivity index (χ0n) is 15.1. The molecule has 0 spiro atoms. The normalized spacial score (nSPS) is 20.2. The molecule has 1 fully saturated rings. The van der Waals surface area contributed by atoms with E-state index in [1.807, 2.05) is 55.9 Å². The predicted octanol–water partition coefficient (Wildman–Crippen LogP) is 1.59. The number of carbonyl (C=O) groups is 2. The van der Waals surface area contributed by atoms with Gasteiger partial charge in [0.2, 0.25) is 5.91 Å². The lowest BCUT2D eigenvalue weighted by Crippen LogP contribution is -2.47. The molecule has 2 N–H and O–H groups in total. The van der Waals surface area contributed by atoms with Crippen LogP contribution in [0.2, 0.25) is 0 Å². The van der Waals surface area contributed by atoms with E-state index < -0.39 is 6.04 Å². The maximum atomic E-state index is 13.2. The number of benzene rings is 1. The first-order valence-corrected chi connectivity index (χ1v) is 8.87. The Kier molecular flexibility index (Phi) is 4.81. The lowest BCUT2D eigenvalue weighted by Gasteiger charge is -2.28. The van der Waals surface area contributed by atoms with Gasteiger partial charge in [0.05, 0.1) is 5.56 Å². The van der Waals surface area contributed by atoms with E-state index >= 15 is 0 Å². The first-order valence-electron chi connectivity index (χ1n) is 8.87. The third-order valence-corrected chi connectivity index (χ3v) is 5.08. The summed E-state index contributed by atoms with van der Waals surface area (Å²) in [6.07, 6.45) is 2.36. The molecule has 2 atom stereocenters. The van der Waals surface area contributed by atoms with Crippen LogP contribution in [-0.4, -0.2) is 57.9 Å². The van der Waals surface area contributed by atoms with Gasteiger partial charge in [0.1, 0.15) is 6.04 Å². The summed E-state index contributed by atoms with van der Waals surface area (Å²) in [4.78, 5) is 29.5. The maximum absolute atomic E-state index is 13.2. The van der Waals surface area contributed by atoms with E-state index in [0.717, 1.165) is 10.9 Å². The minimum atomic E-state index is -0.471. The number of hydrogen-bond donors (Lipinski definition) is 1. The second-order valence-corrected chi connectivity index (χ2v) is 6.65. The number of nitrogens with two attached hydrogens (primary N) is 1. The number of fused-ring (bicyclic) bond motifs is 1. The number of aromatic nitrogens is 1. The molecule has 2 heterocycles. The van der Waals surface area contributed by atoms with Gasteiger partial charge < -0.3 is 20.1 Å². The van der Waals surface area contributed by atoms with Gasteiger partial charge in [0.25, 0.3) is 5.91 Å². The van der Waals surface area contributed by atoms with E-state index in [-0.39, 0.29) is 17.9 Å². The Morgan fingerprint density at radius 2 is 1.92 bits per heavy atom. The third kappa shape index (κ3) is 3.02. The molecule has 2 amide bonds. The summed E-state index contributed by atoms with van der Waals surface area (Å²) in [7, 11) is 1.92. The molecule has 0 bridgehead atoms. The number of likely N-dealkylation sites (N-methyl/N-ethyl adjacent to an activating group) is 1. The van der Waals surface area contributed by atoms with Gasteiger partial charge >= 0.3 is 0 Å². The highest BCUT2D eigenvalue weighted by molar-refractivity contribution is 6.08. The second-order valence-electron chi connectivity index (χ2n) is 6.65. The first kappa shape index (κ1) is 17.5. The highest BCUT2D eigenvalue weighted by atomic mass is 16.2. The quantitative estimate of drug-likeness (QED) is 0.917. The topological polar surface area (TPSA) is 71.6 Å². The van der Waals surface area contributed by atoms with Crippen molar-refractivity contribution in [2.24, 2.45) is 12.8 Å². The van der Waals surface area contributed by atoms with Crippen LogP contribution in [-0.2, 0) is 11.8 Å². The van der Waals surface area contributed by atoms with Crippen molar-refractivity contribution in [3.05, 3.63) is 36.0 Å². The van der Waals surface area contributed by atoms with Gasteiger partial charge in [0.15, 0.2) is 0 Å². The molecule has 1 saturated heterocycles. The number of rotatable bonds is 4. The number of likely N-dealkylation sites (tertiary alicyclic amines) is 1. The Morgan fingerprint density at radius 1 is 1.24 bits per heavy atom. The molecule has 25 heavy (non-hydrogen) atoms. The first-order chi connectivity index (χ1) is 12.0. The largest absolute Gasteiger partial charge is 0.350 e. The van der Waals surface area contributed by atoms with Crippen molar-refractivity contribution < 1.29 is 9.59 Å². The van der Waals surface area contributed by atoms with E-state index in [1.54, 1.807) is 9.80 Å². The molecule has 0 saturated carbocycles. The fourth-order valence-corrected chi connectivity index (χ4v) is 3.74. The van der Waals surface area contributed by atoms with Gasteiger partial charge in [-0.05, 0) is 26.3 Å². The van der Waals surface area contributed by atoms with Crippen molar-refractivity contribution in [1.29, 1.82) is 0 Å². The molecule has 1 aliphatic rings. The van der Waals surface area contributed by atoms with Crippen LogP contribution in [0.15, 0.2) is 30.5 Å². The molecule has 1 aromatic carbocycles. The molecule has 3 rings (SSSR count). The molecule has 6 nitrogen and oxygen atoms in total. The number of nitrogens with zero attached hydrogens (tertiary/aromatic N) is 3. The number of para-hydroxylation sites is 1. The second kappa shape index (κ2) is 6.88. The monoisotopic (exact) mass is 342 g/mol. The summed E-state index contributed by atoms with van der Waals surface area (Å²) in [5, 5.41) is 0.907. The highest BCUT2D eigenvalue weighted by Gasteiger charge is 2.40. The van der Waals surface area contributed by atoms with Gasteiger partial charge in [-0.2, -0.15) is 0 Å². The Morgan fingerprint density at radius 3 is 2.60 bits per heavy atom. The van der Waals surface area contributed by atoms with Gasteiger partial charge in [-0.1, -0.05) is 18.2 Å². The van der Waals surface area contributed by atoms with Crippen LogP contribution in [0.5, 0.6) is 0 Å². The summed E-state index contributed by atoms with van der Waals surface area (Å²) in [6, 6.07) is 7.17. The van der Waals surface area contributed by atoms with Crippen LogP contribution in [0.1, 0.15) is 30.6 Å². The van der Waals surface area contributed by atoms with Crippen molar-refractivity contribution in [1.82, 2.24) is 14.4 Å². The average Bonchev–Trinajstić information content (AvgIpc) is 3.16. The van der Waals surface area contributed by atoms with Crippen LogP contribution >= 0.6 is 0 Å². The molecule has 1 aromatic heterocycles. The molecule has 2 aromatic rings. The smallest absolute Gasteiger partial charge is 0.256 e. The van der Waals surface area contributed by atoms with Crippen molar-refractivity contribution in [2.45, 2.75) is 32.4 Å². The minimum absolute atomic E-state index is 0.00784. The van der Waals surface area contributed by atoms with Crippen LogP contribution in [0, 0.1) is 0 Å². The van der Waals surface area contributed by atoms with Crippen molar-refractivity contribution in [3.8, 4) is 0 Å². The van der Waals surface area contributed by atoms with Crippen molar-refractivity contribution in [3.63, 3.8) is 0 Å². The summed E-state index contributed by atoms with van der Waals surface area (Å²) >= 11 is 0. The van der Waals surface area contributed by atoms with Crippen LogP contribution < -0.4 is 5.73 Å². The van der Waals surface area contributed by atoms with E-state index in [4.69, 9.17) is 5.73 Å². The zero-order valence-corrected chi connectivity index (χ0v) is 15.1. The number of aryl methyl sites for hydroxylation is 1. The van der Waals surface area contributed by atoms with Gasteiger partial charge in [-0.3, -0.25) is 9.59 Å². The Labute approximate surface area is 148 Å². The fourth-order valence-electron chi connectivity index (χ4n) is 3.74. The van der Waals surface area contributed by atoms with E-state index in [1.165, 1.54) is 0 Å². The fraction of sp³-hybridized carbons (Fsp3) is 0.474. The average molecular weight is 342 g/mol. The molecular weight excluding hydrogens is 316 g/mol. The van der Waals surface area contributed by atoms with E-state index in [0.29, 0.717) is 31.6 Å². The molecule has 1 aliphatic heterocycles. The molecule has 6 heteroatoms. The Balaban J connectivity index is 1.95. The lowest BCUT2D eigenvalue weighted by atomic mass is 10.1. The minimum Gasteiger partial charge on any atom is -0.350 e. The molecule has 134 valence electrons. The predicted molar refractivity (Wildman–Crippen MR) is 98.3 cm³/mol. The molecule has 0 aliphatic carbocycles. The Hall–Kier alpha value is -2.34. The summed E-state index contributed by atoms with van der Waals surface area (Å²) in [5.74, 6) is -0.123. The molecule has 0 unspecified atom stereocenters. The summed E-state index contributed by atoms with van der Waals surface area (Å²) < 4.78 is 1.94. The summed E-state index contributed by atoms with van der Waals surface area (Å²) in [6.45, 7) is 5.59. The molecule has 0 radical (unpaired) electrons. The van der Waals surface area contributed by atoms with Crippen molar-refractivity contribution in [2.75, 3.05) is 19.6 Å². The van der Waals surface area contributed by atoms with Crippen LogP contribution in [0.4, 0.5) is 0 Å². The van der Waals surface area contributed by atoms with Gasteiger partial charge in [0, 0.05) is 49.8 Å².